The minimum Gasteiger partial charge on any atom is -0.481 e. The summed E-state index contributed by atoms with van der Waals surface area (Å²) in [7, 11) is 0. The van der Waals surface area contributed by atoms with E-state index in [0.717, 1.165) is 37.9 Å². The molecule has 2 N–H and O–H groups in total. The summed E-state index contributed by atoms with van der Waals surface area (Å²) < 4.78 is 5.36. The van der Waals surface area contributed by atoms with Gasteiger partial charge in [0.2, 0.25) is 11.8 Å². The smallest absolute Gasteiger partial charge is 0.303 e. The third-order valence-electron chi connectivity index (χ3n) is 2.72. The van der Waals surface area contributed by atoms with Crippen molar-refractivity contribution >= 4 is 11.9 Å². The average Bonchev–Trinajstić information content (AvgIpc) is 2.37. The van der Waals surface area contributed by atoms with Crippen LogP contribution in [0.1, 0.15) is 44.7 Å². The quantitative estimate of drug-likeness (QED) is 0.641. The van der Waals surface area contributed by atoms with Gasteiger partial charge in [-0.3, -0.25) is 4.79 Å². The molecule has 0 aliphatic rings. The molecule has 0 amide bonds. The van der Waals surface area contributed by atoms with Crippen LogP contribution in [0.25, 0.3) is 0 Å². The van der Waals surface area contributed by atoms with Gasteiger partial charge in [-0.2, -0.15) is 4.98 Å². The van der Waals surface area contributed by atoms with Gasteiger partial charge < -0.3 is 15.2 Å². The summed E-state index contributed by atoms with van der Waals surface area (Å²) >= 11 is 0. The number of anilines is 1. The first-order valence-electron chi connectivity index (χ1n) is 7.06. The van der Waals surface area contributed by atoms with Crippen molar-refractivity contribution in [3.05, 3.63) is 11.8 Å². The number of aromatic nitrogens is 2. The van der Waals surface area contributed by atoms with Gasteiger partial charge in [-0.1, -0.05) is 12.8 Å². The lowest BCUT2D eigenvalue weighted by Crippen LogP contribution is -2.07. The predicted molar refractivity (Wildman–Crippen MR) is 77.1 cm³/mol. The van der Waals surface area contributed by atoms with Gasteiger partial charge in [-0.05, 0) is 26.7 Å². The van der Waals surface area contributed by atoms with Crippen LogP contribution >= 0.6 is 0 Å². The fourth-order valence-electron chi connectivity index (χ4n) is 1.80. The van der Waals surface area contributed by atoms with Crippen molar-refractivity contribution in [2.24, 2.45) is 0 Å². The summed E-state index contributed by atoms with van der Waals surface area (Å²) in [6.45, 7) is 5.19. The minimum atomic E-state index is -0.722. The number of unbranched alkanes of at least 4 members (excludes halogenated alkanes) is 3. The number of nitrogens with zero attached hydrogens (tertiary/aromatic N) is 2. The number of carboxylic acid groups (broad SMARTS) is 1. The molecule has 1 heterocycles. The van der Waals surface area contributed by atoms with Crippen LogP contribution in [0.5, 0.6) is 5.88 Å². The fraction of sp³-hybridized carbons (Fsp3) is 0.643. The summed E-state index contributed by atoms with van der Waals surface area (Å²) in [6.07, 6.45) is 3.91. The monoisotopic (exact) mass is 281 g/mol. The Labute approximate surface area is 119 Å². The Morgan fingerprint density at radius 3 is 2.75 bits per heavy atom. The summed E-state index contributed by atoms with van der Waals surface area (Å²) in [5, 5.41) is 11.7. The molecule has 0 spiro atoms. The molecular weight excluding hydrogens is 258 g/mol. The summed E-state index contributed by atoms with van der Waals surface area (Å²) in [4.78, 5) is 18.9. The molecule has 0 saturated heterocycles. The molecule has 0 fully saturated rings. The number of hydrogen-bond acceptors (Lipinski definition) is 5. The van der Waals surface area contributed by atoms with Crippen LogP contribution in [-0.2, 0) is 4.79 Å². The molecule has 6 nitrogen and oxygen atoms in total. The lowest BCUT2D eigenvalue weighted by molar-refractivity contribution is -0.137. The lowest BCUT2D eigenvalue weighted by atomic mass is 10.1. The second-order valence-electron chi connectivity index (χ2n) is 4.59. The Hall–Kier alpha value is -1.85. The van der Waals surface area contributed by atoms with E-state index in [2.05, 4.69) is 15.3 Å². The van der Waals surface area contributed by atoms with E-state index < -0.39 is 5.97 Å². The molecule has 0 aliphatic carbocycles. The normalized spacial score (nSPS) is 10.3. The van der Waals surface area contributed by atoms with Crippen LogP contribution in [0.4, 0.5) is 5.95 Å². The van der Waals surface area contributed by atoms with E-state index in [1.165, 1.54) is 0 Å². The van der Waals surface area contributed by atoms with Gasteiger partial charge >= 0.3 is 5.97 Å². The Morgan fingerprint density at radius 2 is 2.05 bits per heavy atom. The molecule has 0 aliphatic heterocycles. The third-order valence-corrected chi connectivity index (χ3v) is 2.72. The largest absolute Gasteiger partial charge is 0.481 e. The molecule has 20 heavy (non-hydrogen) atoms. The van der Waals surface area contributed by atoms with E-state index in [-0.39, 0.29) is 6.42 Å². The third kappa shape index (κ3) is 6.92. The van der Waals surface area contributed by atoms with Crippen molar-refractivity contribution in [3.63, 3.8) is 0 Å². The zero-order chi connectivity index (χ0) is 14.8. The summed E-state index contributed by atoms with van der Waals surface area (Å²) in [5.41, 5.74) is 0.868. The first-order valence-corrected chi connectivity index (χ1v) is 7.06. The summed E-state index contributed by atoms with van der Waals surface area (Å²) in [5.74, 6) is 0.447. The van der Waals surface area contributed by atoms with E-state index in [4.69, 9.17) is 9.84 Å². The Bertz CT molecular complexity index is 424. The highest BCUT2D eigenvalue weighted by Gasteiger charge is 2.02. The van der Waals surface area contributed by atoms with E-state index in [1.54, 1.807) is 6.07 Å². The molecule has 0 atom stereocenters. The molecule has 0 aromatic carbocycles. The van der Waals surface area contributed by atoms with E-state index in [1.807, 2.05) is 13.8 Å². The van der Waals surface area contributed by atoms with Crippen molar-refractivity contribution < 1.29 is 14.6 Å². The molecule has 1 rings (SSSR count). The van der Waals surface area contributed by atoms with E-state index in [9.17, 15) is 4.79 Å². The van der Waals surface area contributed by atoms with Crippen molar-refractivity contribution in [2.45, 2.75) is 46.0 Å². The number of rotatable bonds is 10. The van der Waals surface area contributed by atoms with Gasteiger partial charge in [0.1, 0.15) is 0 Å². The maximum Gasteiger partial charge on any atom is 0.303 e. The highest BCUT2D eigenvalue weighted by molar-refractivity contribution is 5.66. The van der Waals surface area contributed by atoms with Gasteiger partial charge in [0.05, 0.1) is 6.61 Å². The second kappa shape index (κ2) is 9.12. The van der Waals surface area contributed by atoms with Crippen molar-refractivity contribution in [1.29, 1.82) is 0 Å². The van der Waals surface area contributed by atoms with Crippen LogP contribution < -0.4 is 10.1 Å². The molecule has 0 bridgehead atoms. The van der Waals surface area contributed by atoms with Crippen LogP contribution in [0.3, 0.4) is 0 Å². The van der Waals surface area contributed by atoms with Gasteiger partial charge in [-0.25, -0.2) is 4.98 Å². The average molecular weight is 281 g/mol. The number of aryl methyl sites for hydroxylation is 1. The van der Waals surface area contributed by atoms with Gasteiger partial charge in [0.15, 0.2) is 0 Å². The van der Waals surface area contributed by atoms with Gasteiger partial charge in [0, 0.05) is 24.7 Å². The molecule has 0 radical (unpaired) electrons. The Morgan fingerprint density at radius 1 is 1.30 bits per heavy atom. The van der Waals surface area contributed by atoms with Crippen molar-refractivity contribution in [3.8, 4) is 5.88 Å². The summed E-state index contributed by atoms with van der Waals surface area (Å²) in [6, 6.07) is 1.81. The van der Waals surface area contributed by atoms with Crippen LogP contribution in [0.15, 0.2) is 6.07 Å². The number of aliphatic carboxylic acids is 1. The van der Waals surface area contributed by atoms with Crippen molar-refractivity contribution in [2.75, 3.05) is 18.5 Å². The zero-order valence-corrected chi connectivity index (χ0v) is 12.2. The predicted octanol–water partition coefficient (Wildman–Crippen LogP) is 2.63. The lowest BCUT2D eigenvalue weighted by Gasteiger charge is -2.08. The number of nitrogens with one attached hydrogen (secondary N) is 1. The highest BCUT2D eigenvalue weighted by Crippen LogP contribution is 2.12. The maximum atomic E-state index is 10.3. The molecule has 0 unspecified atom stereocenters. The number of carboxylic acids is 1. The number of ether oxygens (including phenoxy) is 1. The minimum absolute atomic E-state index is 0.256. The number of hydrogen-bond donors (Lipinski definition) is 2. The molecule has 112 valence electrons. The standard InChI is InChI=1S/C14H23N3O3/c1-3-20-12-10-11(2)16-14(17-12)15-9-7-5-4-6-8-13(18)19/h10H,3-9H2,1-2H3,(H,18,19)(H,15,16,17). The van der Waals surface area contributed by atoms with E-state index in [0.29, 0.717) is 18.4 Å². The molecule has 0 saturated carbocycles. The van der Waals surface area contributed by atoms with Crippen molar-refractivity contribution in [1.82, 2.24) is 9.97 Å². The van der Waals surface area contributed by atoms with Gasteiger partial charge in [0.25, 0.3) is 0 Å². The molecule has 6 heteroatoms. The second-order valence-corrected chi connectivity index (χ2v) is 4.59. The maximum absolute atomic E-state index is 10.3. The van der Waals surface area contributed by atoms with Crippen LogP contribution in [0, 0.1) is 6.92 Å². The molecule has 1 aromatic rings. The van der Waals surface area contributed by atoms with Gasteiger partial charge in [-0.15, -0.1) is 0 Å². The van der Waals surface area contributed by atoms with Crippen LogP contribution in [0.2, 0.25) is 0 Å². The SMILES string of the molecule is CCOc1cc(C)nc(NCCCCCCC(=O)O)n1. The molecule has 1 aromatic heterocycles. The van der Waals surface area contributed by atoms with E-state index >= 15 is 0 Å². The zero-order valence-electron chi connectivity index (χ0n) is 12.2. The first-order chi connectivity index (χ1) is 9.61. The number of carbonyl (C=O) groups is 1. The Balaban J connectivity index is 2.23. The van der Waals surface area contributed by atoms with Crippen LogP contribution in [-0.4, -0.2) is 34.2 Å². The topological polar surface area (TPSA) is 84.3 Å². The fourth-order valence-corrected chi connectivity index (χ4v) is 1.80. The Kier molecular flexibility index (Phi) is 7.39. The first kappa shape index (κ1) is 16.2. The highest BCUT2D eigenvalue weighted by atomic mass is 16.5. The molecular formula is C14H23N3O3.